The predicted molar refractivity (Wildman–Crippen MR) is 116 cm³/mol. The summed E-state index contributed by atoms with van der Waals surface area (Å²) in [6, 6.07) is 17.3. The number of nitrogens with zero attached hydrogens (tertiary/aromatic N) is 1. The number of carboxylic acids is 1. The number of hydrogen-bond acceptors (Lipinski definition) is 3. The van der Waals surface area contributed by atoms with E-state index in [1.807, 2.05) is 0 Å². The third kappa shape index (κ3) is 4.03. The van der Waals surface area contributed by atoms with Gasteiger partial charge in [0.2, 0.25) is 0 Å². The van der Waals surface area contributed by atoms with E-state index in [0.717, 1.165) is 51.6 Å². The van der Waals surface area contributed by atoms with E-state index in [9.17, 15) is 9.90 Å². The van der Waals surface area contributed by atoms with Crippen molar-refractivity contribution in [1.29, 1.82) is 0 Å². The number of piperidine rings is 1. The highest BCUT2D eigenvalue weighted by Gasteiger charge is 2.39. The minimum Gasteiger partial charge on any atom is -0.481 e. The zero-order valence-electron chi connectivity index (χ0n) is 16.2. The van der Waals surface area contributed by atoms with Gasteiger partial charge in [-0.05, 0) is 68.3 Å². The van der Waals surface area contributed by atoms with Gasteiger partial charge < -0.3 is 15.3 Å². The number of aryl methyl sites for hydroxylation is 2. The smallest absolute Gasteiger partial charge is 0.310 e. The lowest BCUT2D eigenvalue weighted by Gasteiger charge is -2.35. The summed E-state index contributed by atoms with van der Waals surface area (Å²) in [6.45, 7) is 2.38. The van der Waals surface area contributed by atoms with Crippen LogP contribution in [0.15, 0.2) is 48.5 Å². The molecular formula is C23H29ClN2O2. The highest BCUT2D eigenvalue weighted by Crippen LogP contribution is 2.37. The SMILES string of the molecule is Cl.O=C(O)C1(CCCN2c3ccccc3CCc3ccccc32)CCCNC1. The Hall–Kier alpha value is -2.04. The van der Waals surface area contributed by atoms with Crippen LogP contribution in [-0.4, -0.2) is 30.7 Å². The van der Waals surface area contributed by atoms with E-state index in [1.54, 1.807) is 0 Å². The molecule has 0 aromatic heterocycles. The normalized spacial score (nSPS) is 21.1. The molecule has 2 heterocycles. The molecular weight excluding hydrogens is 372 g/mol. The Labute approximate surface area is 173 Å². The van der Waals surface area contributed by atoms with E-state index in [4.69, 9.17) is 0 Å². The number of hydrogen-bond donors (Lipinski definition) is 2. The van der Waals surface area contributed by atoms with Gasteiger partial charge in [-0.25, -0.2) is 0 Å². The van der Waals surface area contributed by atoms with Gasteiger partial charge in [-0.15, -0.1) is 12.4 Å². The van der Waals surface area contributed by atoms with E-state index in [-0.39, 0.29) is 12.4 Å². The summed E-state index contributed by atoms with van der Waals surface area (Å²) >= 11 is 0. The van der Waals surface area contributed by atoms with Crippen LogP contribution in [0.5, 0.6) is 0 Å². The van der Waals surface area contributed by atoms with Gasteiger partial charge in [-0.3, -0.25) is 4.79 Å². The van der Waals surface area contributed by atoms with Crippen molar-refractivity contribution in [2.45, 2.75) is 38.5 Å². The second-order valence-corrected chi connectivity index (χ2v) is 7.88. The standard InChI is InChI=1S/C23H28N2O2.ClH/c26-22(27)23(13-5-15-24-17-23)14-6-16-25-20-9-3-1-7-18(20)11-12-19-8-2-4-10-21(19)25;/h1-4,7-10,24H,5-6,11-17H2,(H,26,27);1H. The van der Waals surface area contributed by atoms with Crippen LogP contribution in [-0.2, 0) is 17.6 Å². The zero-order chi connectivity index (χ0) is 18.7. The monoisotopic (exact) mass is 400 g/mol. The molecule has 2 N–H and O–H groups in total. The van der Waals surface area contributed by atoms with Crippen LogP contribution < -0.4 is 10.2 Å². The number of aliphatic carboxylic acids is 1. The maximum Gasteiger partial charge on any atom is 0.310 e. The van der Waals surface area contributed by atoms with Gasteiger partial charge in [0, 0.05) is 24.5 Å². The number of benzene rings is 2. The first kappa shape index (κ1) is 20.7. The molecule has 28 heavy (non-hydrogen) atoms. The minimum atomic E-state index is -0.647. The molecule has 1 saturated heterocycles. The lowest BCUT2D eigenvalue weighted by Crippen LogP contribution is -2.45. The van der Waals surface area contributed by atoms with Crippen molar-refractivity contribution < 1.29 is 9.90 Å². The Morgan fingerprint density at radius 1 is 1.04 bits per heavy atom. The molecule has 0 radical (unpaired) electrons. The van der Waals surface area contributed by atoms with Gasteiger partial charge in [0.05, 0.1) is 5.41 Å². The van der Waals surface area contributed by atoms with Crippen LogP contribution in [0.1, 0.15) is 36.8 Å². The summed E-state index contributed by atoms with van der Waals surface area (Å²) in [6.07, 6.45) is 5.41. The first-order valence-electron chi connectivity index (χ1n) is 10.1. The van der Waals surface area contributed by atoms with Crippen molar-refractivity contribution in [3.8, 4) is 0 Å². The number of nitrogens with one attached hydrogen (secondary N) is 1. The van der Waals surface area contributed by atoms with E-state index in [0.29, 0.717) is 6.54 Å². The van der Waals surface area contributed by atoms with Crippen molar-refractivity contribution in [3.05, 3.63) is 59.7 Å². The molecule has 1 fully saturated rings. The molecule has 0 aliphatic carbocycles. The lowest BCUT2D eigenvalue weighted by molar-refractivity contribution is -0.150. The minimum absolute atomic E-state index is 0. The summed E-state index contributed by atoms with van der Waals surface area (Å²) < 4.78 is 0. The fourth-order valence-electron chi connectivity index (χ4n) is 4.66. The molecule has 2 aromatic rings. The van der Waals surface area contributed by atoms with Crippen LogP contribution in [0.4, 0.5) is 11.4 Å². The highest BCUT2D eigenvalue weighted by atomic mass is 35.5. The van der Waals surface area contributed by atoms with Crippen LogP contribution in [0.3, 0.4) is 0 Å². The summed E-state index contributed by atoms with van der Waals surface area (Å²) in [5.74, 6) is -0.647. The van der Waals surface area contributed by atoms with E-state index < -0.39 is 11.4 Å². The number of para-hydroxylation sites is 2. The molecule has 150 valence electrons. The van der Waals surface area contributed by atoms with E-state index in [2.05, 4.69) is 58.7 Å². The van der Waals surface area contributed by atoms with Gasteiger partial charge in [-0.2, -0.15) is 0 Å². The highest BCUT2D eigenvalue weighted by molar-refractivity contribution is 5.85. The molecule has 5 heteroatoms. The van der Waals surface area contributed by atoms with Crippen molar-refractivity contribution in [2.24, 2.45) is 5.41 Å². The van der Waals surface area contributed by atoms with Gasteiger partial charge in [-0.1, -0.05) is 36.4 Å². The first-order chi connectivity index (χ1) is 13.2. The van der Waals surface area contributed by atoms with Crippen LogP contribution >= 0.6 is 12.4 Å². The van der Waals surface area contributed by atoms with Crippen molar-refractivity contribution >= 4 is 29.8 Å². The summed E-state index contributed by atoms with van der Waals surface area (Å²) in [5.41, 5.74) is 4.69. The van der Waals surface area contributed by atoms with Gasteiger partial charge in [0.15, 0.2) is 0 Å². The fraction of sp³-hybridized carbons (Fsp3) is 0.435. The Morgan fingerprint density at radius 3 is 2.18 bits per heavy atom. The van der Waals surface area contributed by atoms with E-state index >= 15 is 0 Å². The van der Waals surface area contributed by atoms with Crippen molar-refractivity contribution in [1.82, 2.24) is 5.32 Å². The van der Waals surface area contributed by atoms with Gasteiger partial charge in [0.25, 0.3) is 0 Å². The zero-order valence-corrected chi connectivity index (χ0v) is 17.0. The Bertz CT molecular complexity index is 770. The molecule has 0 amide bonds. The molecule has 1 atom stereocenters. The summed E-state index contributed by atoms with van der Waals surface area (Å²) in [7, 11) is 0. The lowest BCUT2D eigenvalue weighted by atomic mass is 9.77. The van der Waals surface area contributed by atoms with Crippen LogP contribution in [0.2, 0.25) is 0 Å². The Morgan fingerprint density at radius 2 is 1.64 bits per heavy atom. The number of fused-ring (bicyclic) bond motifs is 2. The van der Waals surface area contributed by atoms with Crippen LogP contribution in [0.25, 0.3) is 0 Å². The van der Waals surface area contributed by atoms with Crippen LogP contribution in [0, 0.1) is 5.41 Å². The average molecular weight is 401 g/mol. The second-order valence-electron chi connectivity index (χ2n) is 7.88. The number of carboxylic acid groups (broad SMARTS) is 1. The molecule has 0 bridgehead atoms. The fourth-order valence-corrected chi connectivity index (χ4v) is 4.66. The first-order valence-corrected chi connectivity index (χ1v) is 10.1. The molecule has 2 aromatic carbocycles. The number of halogens is 1. The van der Waals surface area contributed by atoms with Crippen molar-refractivity contribution in [2.75, 3.05) is 24.5 Å². The number of anilines is 2. The van der Waals surface area contributed by atoms with Gasteiger partial charge in [0.1, 0.15) is 0 Å². The van der Waals surface area contributed by atoms with Crippen molar-refractivity contribution in [3.63, 3.8) is 0 Å². The molecule has 2 aliphatic rings. The molecule has 2 aliphatic heterocycles. The maximum atomic E-state index is 12.0. The average Bonchev–Trinajstić information content (AvgIpc) is 2.86. The predicted octanol–water partition coefficient (Wildman–Crippen LogP) is 4.58. The number of rotatable bonds is 5. The summed E-state index contributed by atoms with van der Waals surface area (Å²) in [4.78, 5) is 14.4. The molecule has 0 spiro atoms. The largest absolute Gasteiger partial charge is 0.481 e. The maximum absolute atomic E-state index is 12.0. The van der Waals surface area contributed by atoms with Gasteiger partial charge >= 0.3 is 5.97 Å². The summed E-state index contributed by atoms with van der Waals surface area (Å²) in [5, 5.41) is 13.1. The molecule has 4 nitrogen and oxygen atoms in total. The quantitative estimate of drug-likeness (QED) is 0.771. The van der Waals surface area contributed by atoms with E-state index in [1.165, 1.54) is 22.5 Å². The molecule has 0 saturated carbocycles. The Balaban J connectivity index is 0.00000225. The topological polar surface area (TPSA) is 52.6 Å². The number of carbonyl (C=O) groups is 1. The molecule has 1 unspecified atom stereocenters. The Kier molecular flexibility index (Phi) is 6.63. The third-order valence-electron chi connectivity index (χ3n) is 6.19. The molecule has 4 rings (SSSR count). The third-order valence-corrected chi connectivity index (χ3v) is 6.19. The second kappa shape index (κ2) is 8.97.